The van der Waals surface area contributed by atoms with Gasteiger partial charge in [-0.25, -0.2) is 8.42 Å². The maximum atomic E-state index is 12.8. The Bertz CT molecular complexity index is 772. The van der Waals surface area contributed by atoms with Gasteiger partial charge in [0.25, 0.3) is 10.0 Å². The fraction of sp³-hybridized carbons (Fsp3) is 0.286. The monoisotopic (exact) mass is 397 g/mol. The van der Waals surface area contributed by atoms with Crippen LogP contribution in [0.15, 0.2) is 34.5 Å². The molecule has 1 aromatic carbocycles. The first-order chi connectivity index (χ1) is 10.2. The van der Waals surface area contributed by atoms with Crippen LogP contribution in [0.5, 0.6) is 0 Å². The van der Waals surface area contributed by atoms with Gasteiger partial charge in [0.15, 0.2) is 0 Å². The molecule has 1 aromatic heterocycles. The Morgan fingerprint density at radius 3 is 2.27 bits per heavy atom. The van der Waals surface area contributed by atoms with E-state index < -0.39 is 10.0 Å². The van der Waals surface area contributed by atoms with Crippen molar-refractivity contribution in [2.24, 2.45) is 0 Å². The highest BCUT2D eigenvalue weighted by Crippen LogP contribution is 2.31. The Kier molecular flexibility index (Phi) is 5.80. The molecule has 0 saturated heterocycles. The van der Waals surface area contributed by atoms with Crippen molar-refractivity contribution in [2.45, 2.75) is 30.6 Å². The van der Waals surface area contributed by atoms with Crippen molar-refractivity contribution < 1.29 is 8.42 Å². The number of thiophene rings is 1. The fourth-order valence-electron chi connectivity index (χ4n) is 1.91. The number of rotatable bonds is 5. The Morgan fingerprint density at radius 1 is 1.09 bits per heavy atom. The van der Waals surface area contributed by atoms with E-state index in [2.05, 4.69) is 0 Å². The topological polar surface area (TPSA) is 37.4 Å². The molecule has 3 nitrogen and oxygen atoms in total. The van der Waals surface area contributed by atoms with E-state index in [1.807, 2.05) is 13.8 Å². The van der Waals surface area contributed by atoms with Crippen molar-refractivity contribution in [1.82, 2.24) is 4.31 Å². The number of halogens is 3. The van der Waals surface area contributed by atoms with Gasteiger partial charge in [0.2, 0.25) is 0 Å². The lowest BCUT2D eigenvalue weighted by Gasteiger charge is -2.25. The van der Waals surface area contributed by atoms with Gasteiger partial charge in [-0.05, 0) is 43.7 Å². The molecule has 0 fully saturated rings. The average molecular weight is 399 g/mol. The zero-order valence-electron chi connectivity index (χ0n) is 11.9. The molecule has 2 aromatic rings. The van der Waals surface area contributed by atoms with Gasteiger partial charge in [-0.3, -0.25) is 0 Å². The Labute approximate surface area is 149 Å². The van der Waals surface area contributed by atoms with Crippen LogP contribution in [-0.2, 0) is 16.6 Å². The van der Waals surface area contributed by atoms with Crippen LogP contribution in [0, 0.1) is 0 Å². The highest BCUT2D eigenvalue weighted by atomic mass is 35.5. The smallest absolute Gasteiger partial charge is 0.206 e. The minimum atomic E-state index is -3.61. The molecule has 2 rings (SSSR count). The summed E-state index contributed by atoms with van der Waals surface area (Å²) >= 11 is 18.8. The van der Waals surface area contributed by atoms with Gasteiger partial charge in [-0.15, -0.1) is 11.3 Å². The predicted octanol–water partition coefficient (Wildman–Crippen LogP) is 5.31. The molecule has 22 heavy (non-hydrogen) atoms. The second-order valence-electron chi connectivity index (χ2n) is 4.95. The minimum Gasteiger partial charge on any atom is -0.206 e. The van der Waals surface area contributed by atoms with Crippen LogP contribution in [0.25, 0.3) is 0 Å². The third-order valence-corrected chi connectivity index (χ3v) is 7.47. The molecule has 0 spiro atoms. The molecule has 1 heterocycles. The highest BCUT2D eigenvalue weighted by molar-refractivity contribution is 7.91. The van der Waals surface area contributed by atoms with E-state index in [4.69, 9.17) is 34.8 Å². The van der Waals surface area contributed by atoms with E-state index in [9.17, 15) is 8.42 Å². The van der Waals surface area contributed by atoms with Crippen molar-refractivity contribution >= 4 is 56.2 Å². The lowest BCUT2D eigenvalue weighted by atomic mass is 10.2. The van der Waals surface area contributed by atoms with Crippen LogP contribution in [0.4, 0.5) is 0 Å². The second-order valence-corrected chi connectivity index (χ2v) is 9.60. The zero-order valence-corrected chi connectivity index (χ0v) is 15.8. The summed E-state index contributed by atoms with van der Waals surface area (Å²) in [4.78, 5) is 0. The number of nitrogens with zero attached hydrogens (tertiary/aromatic N) is 1. The van der Waals surface area contributed by atoms with Crippen molar-refractivity contribution in [3.8, 4) is 0 Å². The zero-order chi connectivity index (χ0) is 16.5. The van der Waals surface area contributed by atoms with E-state index in [-0.39, 0.29) is 16.8 Å². The van der Waals surface area contributed by atoms with Crippen LogP contribution in [0.1, 0.15) is 19.4 Å². The molecule has 0 aliphatic heterocycles. The third kappa shape index (κ3) is 3.96. The van der Waals surface area contributed by atoms with E-state index in [0.717, 1.165) is 16.9 Å². The Balaban J connectivity index is 2.36. The normalized spacial score (nSPS) is 12.3. The summed E-state index contributed by atoms with van der Waals surface area (Å²) in [5.74, 6) is 0. The molecule has 120 valence electrons. The average Bonchev–Trinajstić information content (AvgIpc) is 2.87. The maximum Gasteiger partial charge on any atom is 0.253 e. The number of hydrogen-bond donors (Lipinski definition) is 0. The Morgan fingerprint density at radius 2 is 1.77 bits per heavy atom. The Hall–Kier alpha value is -0.300. The molecule has 0 atom stereocenters. The van der Waals surface area contributed by atoms with Crippen LogP contribution in [0.2, 0.25) is 14.4 Å². The van der Waals surface area contributed by atoms with Crippen LogP contribution in [-0.4, -0.2) is 18.8 Å². The van der Waals surface area contributed by atoms with E-state index >= 15 is 0 Å². The largest absolute Gasteiger partial charge is 0.253 e. The first-order valence-corrected chi connectivity index (χ1v) is 9.82. The van der Waals surface area contributed by atoms with Gasteiger partial charge < -0.3 is 0 Å². The highest BCUT2D eigenvalue weighted by Gasteiger charge is 2.28. The van der Waals surface area contributed by atoms with Gasteiger partial charge in [0.1, 0.15) is 4.21 Å². The fourth-order valence-corrected chi connectivity index (χ4v) is 5.47. The quantitative estimate of drug-likeness (QED) is 0.684. The summed E-state index contributed by atoms with van der Waals surface area (Å²) in [6.45, 7) is 3.86. The molecule has 0 aliphatic rings. The maximum absolute atomic E-state index is 12.8. The first kappa shape index (κ1) is 18.0. The van der Waals surface area contributed by atoms with Gasteiger partial charge in [0.05, 0.1) is 14.4 Å². The number of hydrogen-bond acceptors (Lipinski definition) is 3. The van der Waals surface area contributed by atoms with E-state index in [0.29, 0.717) is 14.4 Å². The number of sulfonamides is 1. The summed E-state index contributed by atoms with van der Waals surface area (Å²) in [5.41, 5.74) is 0.773. The molecule has 0 radical (unpaired) electrons. The molecular weight excluding hydrogens is 385 g/mol. The molecule has 0 amide bonds. The summed E-state index contributed by atoms with van der Waals surface area (Å²) in [7, 11) is -3.61. The van der Waals surface area contributed by atoms with Crippen molar-refractivity contribution in [2.75, 3.05) is 0 Å². The second kappa shape index (κ2) is 7.07. The summed E-state index contributed by atoms with van der Waals surface area (Å²) in [6, 6.07) is 7.99. The van der Waals surface area contributed by atoms with Crippen LogP contribution in [0.3, 0.4) is 0 Å². The minimum absolute atomic E-state index is 0.208. The number of benzene rings is 1. The summed E-state index contributed by atoms with van der Waals surface area (Å²) < 4.78 is 27.6. The third-order valence-electron chi connectivity index (χ3n) is 3.01. The van der Waals surface area contributed by atoms with Crippen LogP contribution >= 0.6 is 46.1 Å². The van der Waals surface area contributed by atoms with Gasteiger partial charge in [0, 0.05) is 12.6 Å². The molecule has 0 bridgehead atoms. The SMILES string of the molecule is CC(C)N(Cc1ccc(Cl)c(Cl)c1)S(=O)(=O)c1ccc(Cl)s1. The molecule has 0 aliphatic carbocycles. The summed E-state index contributed by atoms with van der Waals surface area (Å²) in [5, 5.41) is 0.842. The predicted molar refractivity (Wildman–Crippen MR) is 93.7 cm³/mol. The summed E-state index contributed by atoms with van der Waals surface area (Å²) in [6.07, 6.45) is 0. The standard InChI is InChI=1S/C14H14Cl3NO2S2/c1-9(2)18(8-10-3-4-11(15)12(16)7-10)22(19,20)14-6-5-13(17)21-14/h3-7,9H,8H2,1-2H3. The molecule has 8 heteroatoms. The van der Waals surface area contributed by atoms with Crippen LogP contribution < -0.4 is 0 Å². The lowest BCUT2D eigenvalue weighted by Crippen LogP contribution is -2.36. The molecule has 0 saturated carbocycles. The van der Waals surface area contributed by atoms with Crippen molar-refractivity contribution in [3.63, 3.8) is 0 Å². The first-order valence-electron chi connectivity index (χ1n) is 6.43. The van der Waals surface area contributed by atoms with Gasteiger partial charge in [-0.2, -0.15) is 4.31 Å². The van der Waals surface area contributed by atoms with E-state index in [1.54, 1.807) is 24.3 Å². The van der Waals surface area contributed by atoms with Crippen molar-refractivity contribution in [1.29, 1.82) is 0 Å². The molecule has 0 N–H and O–H groups in total. The van der Waals surface area contributed by atoms with Gasteiger partial charge in [-0.1, -0.05) is 40.9 Å². The van der Waals surface area contributed by atoms with E-state index in [1.165, 1.54) is 10.4 Å². The van der Waals surface area contributed by atoms with Crippen molar-refractivity contribution in [3.05, 3.63) is 50.3 Å². The molecular formula is C14H14Cl3NO2S2. The molecule has 0 unspecified atom stereocenters. The van der Waals surface area contributed by atoms with Gasteiger partial charge >= 0.3 is 0 Å². The lowest BCUT2D eigenvalue weighted by molar-refractivity contribution is 0.349.